The molecular weight excluding hydrogens is 322 g/mol. The smallest absolute Gasteiger partial charge is 0.494 e. The Morgan fingerprint density at radius 3 is 2.44 bits per heavy atom. The Balaban J connectivity index is 2.10. The first-order chi connectivity index (χ1) is 12.2. The van der Waals surface area contributed by atoms with E-state index >= 15 is 0 Å². The standard InChI is InChI=1S/C19H21NO5/c1-4-23-16-9-7-15(8-10-16)20-13-14-6-11-17(18(12-14)22-3)25-19(21)24-5-2/h6-13H,4-5H2,1-3H3. The van der Waals surface area contributed by atoms with Crippen LogP contribution >= 0.6 is 0 Å². The van der Waals surface area contributed by atoms with Crippen LogP contribution in [0.4, 0.5) is 10.5 Å². The summed E-state index contributed by atoms with van der Waals surface area (Å²) in [6.07, 6.45) is 0.934. The molecule has 0 aromatic heterocycles. The summed E-state index contributed by atoms with van der Waals surface area (Å²) in [4.78, 5) is 15.8. The lowest BCUT2D eigenvalue weighted by atomic mass is 10.2. The minimum Gasteiger partial charge on any atom is -0.494 e. The maximum atomic E-state index is 11.4. The van der Waals surface area contributed by atoms with Crippen molar-refractivity contribution < 1.29 is 23.7 Å². The van der Waals surface area contributed by atoms with E-state index in [1.807, 2.05) is 31.2 Å². The zero-order valence-corrected chi connectivity index (χ0v) is 14.5. The minimum absolute atomic E-state index is 0.244. The van der Waals surface area contributed by atoms with Gasteiger partial charge < -0.3 is 18.9 Å². The summed E-state index contributed by atoms with van der Waals surface area (Å²) < 4.78 is 20.5. The number of rotatable bonds is 7. The molecule has 0 aliphatic heterocycles. The van der Waals surface area contributed by atoms with Gasteiger partial charge in [-0.1, -0.05) is 0 Å². The van der Waals surface area contributed by atoms with Gasteiger partial charge in [-0.05, 0) is 61.9 Å². The van der Waals surface area contributed by atoms with E-state index in [1.165, 1.54) is 7.11 Å². The first-order valence-electron chi connectivity index (χ1n) is 7.95. The van der Waals surface area contributed by atoms with E-state index in [-0.39, 0.29) is 6.61 Å². The van der Waals surface area contributed by atoms with Gasteiger partial charge in [0.2, 0.25) is 0 Å². The Morgan fingerprint density at radius 1 is 1.04 bits per heavy atom. The number of carbonyl (C=O) groups excluding carboxylic acids is 1. The molecule has 0 saturated carbocycles. The molecule has 0 amide bonds. The highest BCUT2D eigenvalue weighted by atomic mass is 16.7. The lowest BCUT2D eigenvalue weighted by Crippen LogP contribution is -2.10. The lowest BCUT2D eigenvalue weighted by Gasteiger charge is -2.09. The van der Waals surface area contributed by atoms with Gasteiger partial charge in [0.05, 0.1) is 26.0 Å². The molecule has 0 radical (unpaired) electrons. The Labute approximate surface area is 147 Å². The molecule has 0 aliphatic carbocycles. The highest BCUT2D eigenvalue weighted by Gasteiger charge is 2.11. The molecule has 6 heteroatoms. The molecule has 0 N–H and O–H groups in total. The van der Waals surface area contributed by atoms with Crippen LogP contribution in [0, 0.1) is 0 Å². The molecular formula is C19H21NO5. The van der Waals surface area contributed by atoms with Gasteiger partial charge in [-0.2, -0.15) is 0 Å². The summed E-state index contributed by atoms with van der Waals surface area (Å²) in [5.41, 5.74) is 1.61. The van der Waals surface area contributed by atoms with Crippen molar-refractivity contribution in [2.24, 2.45) is 4.99 Å². The molecule has 2 rings (SSSR count). The van der Waals surface area contributed by atoms with Crippen molar-refractivity contribution in [2.75, 3.05) is 20.3 Å². The largest absolute Gasteiger partial charge is 0.513 e. The van der Waals surface area contributed by atoms with E-state index < -0.39 is 6.16 Å². The van der Waals surface area contributed by atoms with E-state index in [2.05, 4.69) is 4.99 Å². The number of methoxy groups -OCH3 is 1. The molecule has 0 aliphatic rings. The van der Waals surface area contributed by atoms with E-state index in [1.54, 1.807) is 31.3 Å². The number of benzene rings is 2. The third-order valence-electron chi connectivity index (χ3n) is 3.15. The number of aliphatic imine (C=N–C) groups is 1. The van der Waals surface area contributed by atoms with Crippen LogP contribution in [-0.2, 0) is 4.74 Å². The first-order valence-corrected chi connectivity index (χ1v) is 7.95. The minimum atomic E-state index is -0.767. The molecule has 0 fully saturated rings. The van der Waals surface area contributed by atoms with Gasteiger partial charge >= 0.3 is 6.16 Å². The van der Waals surface area contributed by atoms with Crippen LogP contribution in [0.3, 0.4) is 0 Å². The average Bonchev–Trinajstić information content (AvgIpc) is 2.62. The highest BCUT2D eigenvalue weighted by Crippen LogP contribution is 2.28. The van der Waals surface area contributed by atoms with E-state index in [0.29, 0.717) is 18.1 Å². The summed E-state index contributed by atoms with van der Waals surface area (Å²) in [5.74, 6) is 1.52. The van der Waals surface area contributed by atoms with Crippen molar-refractivity contribution in [1.29, 1.82) is 0 Å². The fraction of sp³-hybridized carbons (Fsp3) is 0.263. The summed E-state index contributed by atoms with van der Waals surface area (Å²) in [7, 11) is 1.50. The maximum Gasteiger partial charge on any atom is 0.513 e. The Morgan fingerprint density at radius 2 is 1.80 bits per heavy atom. The molecule has 132 valence electrons. The lowest BCUT2D eigenvalue weighted by molar-refractivity contribution is 0.103. The number of nitrogens with zero attached hydrogens (tertiary/aromatic N) is 1. The zero-order chi connectivity index (χ0) is 18.1. The second kappa shape index (κ2) is 9.32. The van der Waals surface area contributed by atoms with E-state index in [0.717, 1.165) is 17.0 Å². The van der Waals surface area contributed by atoms with Crippen LogP contribution in [-0.4, -0.2) is 32.7 Å². The van der Waals surface area contributed by atoms with Crippen molar-refractivity contribution in [3.63, 3.8) is 0 Å². The van der Waals surface area contributed by atoms with Crippen LogP contribution in [0.5, 0.6) is 17.2 Å². The molecule has 0 spiro atoms. The van der Waals surface area contributed by atoms with Crippen molar-refractivity contribution in [3.8, 4) is 17.2 Å². The SMILES string of the molecule is CCOC(=O)Oc1ccc(C=Nc2ccc(OCC)cc2)cc1OC. The third kappa shape index (κ3) is 5.53. The van der Waals surface area contributed by atoms with Crippen LogP contribution in [0.2, 0.25) is 0 Å². The van der Waals surface area contributed by atoms with Crippen molar-refractivity contribution in [2.45, 2.75) is 13.8 Å². The summed E-state index contributed by atoms with van der Waals surface area (Å²) in [6, 6.07) is 12.6. The van der Waals surface area contributed by atoms with Crippen LogP contribution in [0.15, 0.2) is 47.5 Å². The Bertz CT molecular complexity index is 725. The fourth-order valence-electron chi connectivity index (χ4n) is 2.03. The van der Waals surface area contributed by atoms with Gasteiger partial charge in [-0.3, -0.25) is 4.99 Å². The quantitative estimate of drug-likeness (QED) is 0.424. The molecule has 2 aromatic rings. The molecule has 2 aromatic carbocycles. The predicted octanol–water partition coefficient (Wildman–Crippen LogP) is 4.38. The first kappa shape index (κ1) is 18.3. The second-order valence-electron chi connectivity index (χ2n) is 4.88. The third-order valence-corrected chi connectivity index (χ3v) is 3.15. The Hall–Kier alpha value is -3.02. The van der Waals surface area contributed by atoms with Crippen LogP contribution in [0.25, 0.3) is 0 Å². The van der Waals surface area contributed by atoms with Gasteiger partial charge in [0.1, 0.15) is 5.75 Å². The van der Waals surface area contributed by atoms with Gasteiger partial charge in [0, 0.05) is 6.21 Å². The van der Waals surface area contributed by atoms with Crippen molar-refractivity contribution >= 4 is 18.1 Å². The van der Waals surface area contributed by atoms with Crippen LogP contribution in [0.1, 0.15) is 19.4 Å². The molecule has 6 nitrogen and oxygen atoms in total. The number of ether oxygens (including phenoxy) is 4. The second-order valence-corrected chi connectivity index (χ2v) is 4.88. The molecule has 0 bridgehead atoms. The molecule has 25 heavy (non-hydrogen) atoms. The molecule has 0 atom stereocenters. The van der Waals surface area contributed by atoms with Crippen LogP contribution < -0.4 is 14.2 Å². The summed E-state index contributed by atoms with van der Waals surface area (Å²) in [5, 5.41) is 0. The summed E-state index contributed by atoms with van der Waals surface area (Å²) in [6.45, 7) is 4.52. The van der Waals surface area contributed by atoms with Gasteiger partial charge in [0.25, 0.3) is 0 Å². The average molecular weight is 343 g/mol. The van der Waals surface area contributed by atoms with Crippen molar-refractivity contribution in [3.05, 3.63) is 48.0 Å². The monoisotopic (exact) mass is 343 g/mol. The fourth-order valence-corrected chi connectivity index (χ4v) is 2.03. The zero-order valence-electron chi connectivity index (χ0n) is 14.5. The van der Waals surface area contributed by atoms with Crippen molar-refractivity contribution in [1.82, 2.24) is 0 Å². The number of hydrogen-bond donors (Lipinski definition) is 0. The van der Waals surface area contributed by atoms with Gasteiger partial charge in [0.15, 0.2) is 11.5 Å². The Kier molecular flexibility index (Phi) is 6.83. The topological polar surface area (TPSA) is 66.4 Å². The number of carbonyl (C=O) groups is 1. The summed E-state index contributed by atoms with van der Waals surface area (Å²) >= 11 is 0. The molecule has 0 heterocycles. The normalized spacial score (nSPS) is 10.5. The maximum absolute atomic E-state index is 11.4. The molecule has 0 unspecified atom stereocenters. The highest BCUT2D eigenvalue weighted by molar-refractivity contribution is 5.83. The van der Waals surface area contributed by atoms with E-state index in [9.17, 15) is 4.79 Å². The molecule has 0 saturated heterocycles. The number of hydrogen-bond acceptors (Lipinski definition) is 6. The van der Waals surface area contributed by atoms with E-state index in [4.69, 9.17) is 18.9 Å². The van der Waals surface area contributed by atoms with Gasteiger partial charge in [-0.15, -0.1) is 0 Å². The van der Waals surface area contributed by atoms with Gasteiger partial charge in [-0.25, -0.2) is 4.79 Å². The predicted molar refractivity (Wildman–Crippen MR) is 95.5 cm³/mol.